The SMILES string of the molecule is CC(C)Nc1ncc(-c2cc(O)cc(NC(=O)OC(C)(C)C)c2)n(CC(=O)NCc2ccc(C(=N)NC(=O)OCc3cccnc3)cc2)c1=O. The van der Waals surface area contributed by atoms with E-state index >= 15 is 0 Å². The van der Waals surface area contributed by atoms with Gasteiger partial charge < -0.3 is 25.2 Å². The maximum Gasteiger partial charge on any atom is 0.413 e. The Labute approximate surface area is 288 Å². The molecule has 0 fully saturated rings. The number of ether oxygens (including phenoxy) is 2. The van der Waals surface area contributed by atoms with Gasteiger partial charge in [0.25, 0.3) is 5.56 Å². The summed E-state index contributed by atoms with van der Waals surface area (Å²) in [4.78, 5) is 59.5. The second kappa shape index (κ2) is 16.2. The van der Waals surface area contributed by atoms with Gasteiger partial charge in [0.15, 0.2) is 5.82 Å². The zero-order valence-electron chi connectivity index (χ0n) is 28.4. The summed E-state index contributed by atoms with van der Waals surface area (Å²) in [5, 5.41) is 29.4. The second-order valence-corrected chi connectivity index (χ2v) is 12.5. The predicted octanol–water partition coefficient (Wildman–Crippen LogP) is 4.75. The number of amidine groups is 1. The fourth-order valence-corrected chi connectivity index (χ4v) is 4.53. The number of carbonyl (C=O) groups is 3. The molecule has 15 heteroatoms. The summed E-state index contributed by atoms with van der Waals surface area (Å²) in [6.45, 7) is 8.56. The van der Waals surface area contributed by atoms with E-state index in [2.05, 4.69) is 31.2 Å². The third-order valence-electron chi connectivity index (χ3n) is 6.69. The van der Waals surface area contributed by atoms with Gasteiger partial charge in [-0.1, -0.05) is 30.3 Å². The number of phenolic OH excluding ortho intramolecular Hbond substituents is 1. The number of nitrogens with one attached hydrogen (secondary N) is 5. The number of aromatic nitrogens is 3. The smallest absolute Gasteiger partial charge is 0.413 e. The Balaban J connectivity index is 1.44. The first-order valence-corrected chi connectivity index (χ1v) is 15.6. The van der Waals surface area contributed by atoms with E-state index in [0.29, 0.717) is 22.3 Å². The van der Waals surface area contributed by atoms with Crippen molar-refractivity contribution in [1.29, 1.82) is 5.41 Å². The lowest BCUT2D eigenvalue weighted by atomic mass is 10.1. The normalized spacial score (nSPS) is 11.0. The maximum absolute atomic E-state index is 13.5. The molecule has 0 unspecified atom stereocenters. The average molecular weight is 685 g/mol. The number of benzene rings is 2. The molecular weight excluding hydrogens is 644 g/mol. The van der Waals surface area contributed by atoms with Crippen LogP contribution in [0, 0.1) is 5.41 Å². The molecule has 0 aliphatic heterocycles. The predicted molar refractivity (Wildman–Crippen MR) is 187 cm³/mol. The highest BCUT2D eigenvalue weighted by Crippen LogP contribution is 2.28. The fraction of sp³-hybridized carbons (Fsp3) is 0.286. The van der Waals surface area contributed by atoms with Crippen molar-refractivity contribution in [2.45, 2.75) is 66.0 Å². The third kappa shape index (κ3) is 10.9. The summed E-state index contributed by atoms with van der Waals surface area (Å²) in [5.74, 6) is -0.813. The van der Waals surface area contributed by atoms with E-state index < -0.39 is 29.3 Å². The van der Waals surface area contributed by atoms with Gasteiger partial charge in [-0.05, 0) is 58.4 Å². The molecule has 50 heavy (non-hydrogen) atoms. The molecule has 0 spiro atoms. The van der Waals surface area contributed by atoms with Gasteiger partial charge >= 0.3 is 12.2 Å². The lowest BCUT2D eigenvalue weighted by molar-refractivity contribution is -0.121. The van der Waals surface area contributed by atoms with E-state index in [-0.39, 0.29) is 54.5 Å². The van der Waals surface area contributed by atoms with Crippen LogP contribution in [0.2, 0.25) is 0 Å². The maximum atomic E-state index is 13.5. The van der Waals surface area contributed by atoms with E-state index in [0.717, 1.165) is 0 Å². The van der Waals surface area contributed by atoms with Gasteiger partial charge in [-0.15, -0.1) is 0 Å². The Morgan fingerprint density at radius 2 is 1.74 bits per heavy atom. The molecule has 4 rings (SSSR count). The van der Waals surface area contributed by atoms with Crippen LogP contribution in [0.15, 0.2) is 78.0 Å². The molecule has 0 atom stereocenters. The molecule has 2 aromatic carbocycles. The number of amides is 3. The molecule has 262 valence electrons. The first-order chi connectivity index (χ1) is 23.7. The van der Waals surface area contributed by atoms with Gasteiger partial charge in [0.05, 0.1) is 11.9 Å². The van der Waals surface area contributed by atoms with Gasteiger partial charge in [-0.25, -0.2) is 14.6 Å². The number of phenols is 1. The minimum atomic E-state index is -0.783. The molecule has 0 aliphatic rings. The lowest BCUT2D eigenvalue weighted by Gasteiger charge is -2.20. The van der Waals surface area contributed by atoms with Crippen LogP contribution in [0.3, 0.4) is 0 Å². The van der Waals surface area contributed by atoms with Crippen LogP contribution < -0.4 is 26.8 Å². The van der Waals surface area contributed by atoms with Crippen LogP contribution in [-0.4, -0.2) is 55.2 Å². The highest BCUT2D eigenvalue weighted by atomic mass is 16.6. The zero-order chi connectivity index (χ0) is 36.4. The third-order valence-corrected chi connectivity index (χ3v) is 6.69. The van der Waals surface area contributed by atoms with Gasteiger partial charge in [0.2, 0.25) is 5.91 Å². The van der Waals surface area contributed by atoms with Crippen LogP contribution in [-0.2, 0) is 34.0 Å². The van der Waals surface area contributed by atoms with Crippen LogP contribution in [0.5, 0.6) is 5.75 Å². The number of alkyl carbamates (subject to hydrolysis) is 1. The number of aromatic hydroxyl groups is 1. The minimum Gasteiger partial charge on any atom is -0.508 e. The lowest BCUT2D eigenvalue weighted by Crippen LogP contribution is -2.35. The standard InChI is InChI=1S/C35H40N8O7/c1-21(2)40-31-32(46)43(28(18-39-31)25-13-26(15-27(44)14-25)41-34(48)50-35(3,4)5)19-29(45)38-17-22-8-10-24(11-9-22)30(36)42-33(47)49-20-23-7-6-12-37-16-23/h6-16,18,21,44H,17,19-20H2,1-5H3,(H,38,45)(H,39,40)(H,41,48)(H2,36,42,47). The van der Waals surface area contributed by atoms with Crippen LogP contribution in [0.1, 0.15) is 51.3 Å². The summed E-state index contributed by atoms with van der Waals surface area (Å²) < 4.78 is 11.7. The Bertz CT molecular complexity index is 1900. The molecule has 0 saturated carbocycles. The number of nitrogens with zero attached hydrogens (tertiary/aromatic N) is 3. The van der Waals surface area contributed by atoms with E-state index in [4.69, 9.17) is 14.9 Å². The monoisotopic (exact) mass is 684 g/mol. The first-order valence-electron chi connectivity index (χ1n) is 15.6. The molecule has 3 amide bonds. The van der Waals surface area contributed by atoms with E-state index in [1.54, 1.807) is 69.6 Å². The molecule has 0 saturated heterocycles. The number of hydrogen-bond acceptors (Lipinski definition) is 11. The summed E-state index contributed by atoms with van der Waals surface area (Å²) in [6, 6.07) is 14.2. The van der Waals surface area contributed by atoms with Gasteiger partial charge in [0, 0.05) is 53.4 Å². The van der Waals surface area contributed by atoms with Crippen molar-refractivity contribution in [2.24, 2.45) is 0 Å². The van der Waals surface area contributed by atoms with E-state index in [1.165, 1.54) is 29.0 Å². The molecule has 0 aliphatic carbocycles. The van der Waals surface area contributed by atoms with Crippen molar-refractivity contribution in [3.05, 3.63) is 100 Å². The van der Waals surface area contributed by atoms with Gasteiger partial charge in [-0.2, -0.15) is 0 Å². The van der Waals surface area contributed by atoms with Gasteiger partial charge in [-0.3, -0.25) is 35.2 Å². The molecular formula is C35H40N8O7. The molecule has 15 nitrogen and oxygen atoms in total. The molecule has 4 aromatic rings. The molecule has 6 N–H and O–H groups in total. The Kier molecular flexibility index (Phi) is 11.9. The van der Waals surface area contributed by atoms with Gasteiger partial charge in [0.1, 0.15) is 30.3 Å². The van der Waals surface area contributed by atoms with Crippen LogP contribution >= 0.6 is 0 Å². The summed E-state index contributed by atoms with van der Waals surface area (Å²) in [7, 11) is 0. The quantitative estimate of drug-likeness (QED) is 0.0943. The second-order valence-electron chi connectivity index (χ2n) is 12.5. The zero-order valence-corrected chi connectivity index (χ0v) is 28.4. The minimum absolute atomic E-state index is 0.00835. The van der Waals surface area contributed by atoms with Crippen molar-refractivity contribution < 1.29 is 29.0 Å². The number of anilines is 2. The first kappa shape index (κ1) is 36.6. The van der Waals surface area contributed by atoms with Crippen molar-refractivity contribution in [1.82, 2.24) is 25.2 Å². The summed E-state index contributed by atoms with van der Waals surface area (Å²) in [5.41, 5.74) is 1.25. The van der Waals surface area contributed by atoms with Crippen molar-refractivity contribution in [3.8, 4) is 17.0 Å². The largest absolute Gasteiger partial charge is 0.508 e. The number of carbonyl (C=O) groups excluding carboxylic acids is 3. The van der Waals surface area contributed by atoms with Crippen LogP contribution in [0.25, 0.3) is 11.3 Å². The van der Waals surface area contributed by atoms with E-state index in [1.807, 2.05) is 13.8 Å². The highest BCUT2D eigenvalue weighted by molar-refractivity contribution is 6.04. The van der Waals surface area contributed by atoms with Crippen molar-refractivity contribution >= 4 is 35.4 Å². The fourth-order valence-electron chi connectivity index (χ4n) is 4.53. The van der Waals surface area contributed by atoms with Crippen molar-refractivity contribution in [2.75, 3.05) is 10.6 Å². The topological polar surface area (TPSA) is 210 Å². The Morgan fingerprint density at radius 3 is 2.40 bits per heavy atom. The van der Waals surface area contributed by atoms with E-state index in [9.17, 15) is 24.3 Å². The van der Waals surface area contributed by atoms with Crippen LogP contribution in [0.4, 0.5) is 21.1 Å². The molecule has 2 aromatic heterocycles. The average Bonchev–Trinajstić information content (AvgIpc) is 3.04. The number of rotatable bonds is 11. The van der Waals surface area contributed by atoms with Crippen molar-refractivity contribution in [3.63, 3.8) is 0 Å². The Hall–Kier alpha value is -6.25. The highest BCUT2D eigenvalue weighted by Gasteiger charge is 2.19. The molecule has 2 heterocycles. The summed E-state index contributed by atoms with van der Waals surface area (Å²) >= 11 is 0. The Morgan fingerprint density at radius 1 is 1.00 bits per heavy atom. The molecule has 0 radical (unpaired) electrons. The summed E-state index contributed by atoms with van der Waals surface area (Å²) in [6.07, 6.45) is 3.07. The number of pyridine rings is 1. The number of hydrogen-bond donors (Lipinski definition) is 6. The molecule has 0 bridgehead atoms.